The summed E-state index contributed by atoms with van der Waals surface area (Å²) in [6.07, 6.45) is 4.47. The number of allylic oxidation sites excluding steroid dienone is 1. The van der Waals surface area contributed by atoms with Gasteiger partial charge in [0.1, 0.15) is 0 Å². The van der Waals surface area contributed by atoms with Gasteiger partial charge >= 0.3 is 0 Å². The van der Waals surface area contributed by atoms with Crippen molar-refractivity contribution in [3.8, 4) is 0 Å². The van der Waals surface area contributed by atoms with Gasteiger partial charge in [0, 0.05) is 11.4 Å². The van der Waals surface area contributed by atoms with Gasteiger partial charge < -0.3 is 0 Å². The van der Waals surface area contributed by atoms with Crippen molar-refractivity contribution in [2.45, 2.75) is 52.9 Å². The van der Waals surface area contributed by atoms with Crippen LogP contribution in [0.25, 0.3) is 22.2 Å². The molecule has 1 aliphatic rings. The summed E-state index contributed by atoms with van der Waals surface area (Å²) in [5.74, 6) is 3.00. The van der Waals surface area contributed by atoms with E-state index in [4.69, 9.17) is 0 Å². The first-order valence-electron chi connectivity index (χ1n) is 16.5. The van der Waals surface area contributed by atoms with Gasteiger partial charge in [-0.3, -0.25) is 0 Å². The van der Waals surface area contributed by atoms with Crippen LogP contribution in [-0.4, -0.2) is 22.8 Å². The first-order chi connectivity index (χ1) is 22.3. The standard InChI is InChI=1S/C43H46P2S/c1-8-34-15-10-12-18-38(34)41(9-2)45(42-20-14-17-35-16-11-13-19-39(35)42)43-28-46-27-40(43)33(7)44(36-23-29(3)21-30(4)24-36)37-25-31(5)22-32(6)26-37/h8-26,33,40,43H,1,27-28H2,2-7H3/b41-9+. The van der Waals surface area contributed by atoms with E-state index in [0.29, 0.717) is 17.2 Å². The molecule has 1 heterocycles. The summed E-state index contributed by atoms with van der Waals surface area (Å²) >= 11 is 2.18. The zero-order chi connectivity index (χ0) is 32.4. The number of fused-ring (bicyclic) bond motifs is 1. The highest BCUT2D eigenvalue weighted by molar-refractivity contribution is 8.00. The lowest BCUT2D eigenvalue weighted by atomic mass is 10.1. The average molecular weight is 657 g/mol. The smallest absolute Gasteiger partial charge is 0.000966 e. The summed E-state index contributed by atoms with van der Waals surface area (Å²) in [5, 5.41) is 8.81. The Balaban J connectivity index is 1.53. The molecule has 1 aliphatic heterocycles. The van der Waals surface area contributed by atoms with E-state index >= 15 is 0 Å². The Labute approximate surface area is 283 Å². The molecule has 234 valence electrons. The van der Waals surface area contributed by atoms with Crippen LogP contribution in [0.4, 0.5) is 0 Å². The molecule has 4 unspecified atom stereocenters. The Bertz CT molecular complexity index is 1810. The minimum Gasteiger partial charge on any atom is -0.161 e. The highest BCUT2D eigenvalue weighted by atomic mass is 32.2. The van der Waals surface area contributed by atoms with Crippen LogP contribution >= 0.6 is 27.6 Å². The highest BCUT2D eigenvalue weighted by Gasteiger charge is 2.43. The zero-order valence-corrected chi connectivity index (χ0v) is 30.7. The second-order valence-electron chi connectivity index (χ2n) is 12.9. The molecule has 0 radical (unpaired) electrons. The molecule has 5 aromatic carbocycles. The van der Waals surface area contributed by atoms with Gasteiger partial charge in [-0.1, -0.05) is 151 Å². The molecule has 5 aromatic rings. The minimum atomic E-state index is -0.675. The van der Waals surface area contributed by atoms with Crippen molar-refractivity contribution in [3.05, 3.63) is 149 Å². The van der Waals surface area contributed by atoms with Gasteiger partial charge in [0.2, 0.25) is 0 Å². The van der Waals surface area contributed by atoms with Gasteiger partial charge in [0.05, 0.1) is 0 Å². The lowest BCUT2D eigenvalue weighted by Gasteiger charge is -2.38. The quantitative estimate of drug-likeness (QED) is 0.142. The topological polar surface area (TPSA) is 0 Å². The largest absolute Gasteiger partial charge is 0.161 e. The summed E-state index contributed by atoms with van der Waals surface area (Å²) < 4.78 is 0. The molecule has 3 heteroatoms. The maximum Gasteiger partial charge on any atom is 0.000966 e. The van der Waals surface area contributed by atoms with Crippen LogP contribution in [0.1, 0.15) is 47.2 Å². The number of rotatable bonds is 9. The van der Waals surface area contributed by atoms with Crippen LogP contribution < -0.4 is 15.9 Å². The summed E-state index contributed by atoms with van der Waals surface area (Å²) in [7, 11) is -1.24. The van der Waals surface area contributed by atoms with Crippen molar-refractivity contribution in [2.24, 2.45) is 5.92 Å². The van der Waals surface area contributed by atoms with Gasteiger partial charge in [-0.05, 0) is 111 Å². The Hall–Kier alpha value is -2.95. The van der Waals surface area contributed by atoms with E-state index in [-0.39, 0.29) is 0 Å². The minimum absolute atomic E-state index is 0.533. The summed E-state index contributed by atoms with van der Waals surface area (Å²) in [4.78, 5) is 0. The summed E-state index contributed by atoms with van der Waals surface area (Å²) in [6.45, 7) is 18.1. The van der Waals surface area contributed by atoms with Crippen molar-refractivity contribution in [1.82, 2.24) is 0 Å². The SMILES string of the molecule is C=Cc1ccccc1/C(=C\C)P(c1cccc2ccccc12)C1CSCC1C(C)P(c1cc(C)cc(C)c1)c1cc(C)cc(C)c1. The maximum atomic E-state index is 4.23. The first kappa shape index (κ1) is 33.0. The van der Waals surface area contributed by atoms with E-state index in [9.17, 15) is 0 Å². The van der Waals surface area contributed by atoms with Gasteiger partial charge in [-0.25, -0.2) is 0 Å². The molecule has 0 spiro atoms. The molecule has 0 saturated carbocycles. The van der Waals surface area contributed by atoms with Crippen LogP contribution in [0, 0.1) is 33.6 Å². The second kappa shape index (κ2) is 14.4. The molecule has 1 fully saturated rings. The van der Waals surface area contributed by atoms with Crippen LogP contribution in [0.3, 0.4) is 0 Å². The molecule has 1 saturated heterocycles. The fourth-order valence-electron chi connectivity index (χ4n) is 7.51. The lowest BCUT2D eigenvalue weighted by Crippen LogP contribution is -2.34. The third-order valence-corrected chi connectivity index (χ3v) is 16.9. The van der Waals surface area contributed by atoms with Crippen molar-refractivity contribution in [1.29, 1.82) is 0 Å². The van der Waals surface area contributed by atoms with E-state index in [2.05, 4.69) is 169 Å². The maximum absolute atomic E-state index is 4.23. The molecule has 0 aliphatic carbocycles. The lowest BCUT2D eigenvalue weighted by molar-refractivity contribution is 0.598. The number of hydrogen-bond donors (Lipinski definition) is 0. The van der Waals surface area contributed by atoms with Crippen molar-refractivity contribution in [2.75, 3.05) is 11.5 Å². The Kier molecular flexibility index (Phi) is 10.3. The van der Waals surface area contributed by atoms with E-state index in [1.54, 1.807) is 0 Å². The molecule has 0 amide bonds. The third kappa shape index (κ3) is 6.71. The normalized spacial score (nSPS) is 18.2. The Morgan fingerprint density at radius 1 is 0.761 bits per heavy atom. The van der Waals surface area contributed by atoms with E-state index < -0.39 is 15.8 Å². The van der Waals surface area contributed by atoms with Crippen molar-refractivity contribution in [3.63, 3.8) is 0 Å². The number of benzene rings is 5. The second-order valence-corrected chi connectivity index (χ2v) is 18.9. The third-order valence-electron chi connectivity index (χ3n) is 9.44. The number of aryl methyl sites for hydroxylation is 4. The van der Waals surface area contributed by atoms with E-state index in [1.165, 1.54) is 76.9 Å². The Morgan fingerprint density at radius 3 is 1.98 bits per heavy atom. The molecule has 0 N–H and O–H groups in total. The molecule has 46 heavy (non-hydrogen) atoms. The van der Waals surface area contributed by atoms with Gasteiger partial charge in [0.15, 0.2) is 0 Å². The summed E-state index contributed by atoms with van der Waals surface area (Å²) in [6, 6.07) is 39.5. The molecule has 4 atom stereocenters. The molecule has 0 aromatic heterocycles. The van der Waals surface area contributed by atoms with E-state index in [1.807, 2.05) is 6.08 Å². The van der Waals surface area contributed by atoms with Crippen molar-refractivity contribution >= 4 is 65.7 Å². The predicted molar refractivity (Wildman–Crippen MR) is 213 cm³/mol. The molecule has 0 nitrogen and oxygen atoms in total. The average Bonchev–Trinajstić information content (AvgIpc) is 3.52. The number of hydrogen-bond acceptors (Lipinski definition) is 1. The van der Waals surface area contributed by atoms with Crippen molar-refractivity contribution < 1.29 is 0 Å². The van der Waals surface area contributed by atoms with Crippen LogP contribution in [0.5, 0.6) is 0 Å². The summed E-state index contributed by atoms with van der Waals surface area (Å²) in [5.41, 5.74) is 9.13. The van der Waals surface area contributed by atoms with E-state index in [0.717, 1.165) is 0 Å². The number of thioether (sulfide) groups is 1. The van der Waals surface area contributed by atoms with Gasteiger partial charge in [-0.2, -0.15) is 11.8 Å². The van der Waals surface area contributed by atoms with Crippen LogP contribution in [0.2, 0.25) is 0 Å². The molecule has 6 rings (SSSR count). The predicted octanol–water partition coefficient (Wildman–Crippen LogP) is 11.1. The Morgan fingerprint density at radius 2 is 1.35 bits per heavy atom. The monoisotopic (exact) mass is 656 g/mol. The fourth-order valence-corrected chi connectivity index (χ4v) is 16.7. The molecule has 0 bridgehead atoms. The zero-order valence-electron chi connectivity index (χ0n) is 28.1. The van der Waals surface area contributed by atoms with Crippen LogP contribution in [0.15, 0.2) is 116 Å². The molecular formula is C43H46P2S. The first-order valence-corrected chi connectivity index (χ1v) is 20.5. The highest BCUT2D eigenvalue weighted by Crippen LogP contribution is 2.62. The molecular weight excluding hydrogens is 610 g/mol. The van der Waals surface area contributed by atoms with Crippen LogP contribution in [-0.2, 0) is 0 Å². The van der Waals surface area contributed by atoms with Gasteiger partial charge in [0.25, 0.3) is 0 Å². The fraction of sp³-hybridized carbons (Fsp3) is 0.256. The van der Waals surface area contributed by atoms with Gasteiger partial charge in [-0.15, -0.1) is 0 Å².